The standard InChI is InChI=1S/C24H31NO5/c1-26-19-6-5-7-20(13-19)30-15-21-17-8-9-18(12-17)25(21)14-16-10-22(27-2)24(29-4)23(11-16)28-3/h5-7,10-11,13,17-18,21H,8-9,12,14-15H2,1-4H3/t17-,18-,21-/m0/s1. The zero-order valence-corrected chi connectivity index (χ0v) is 18.2. The highest BCUT2D eigenvalue weighted by atomic mass is 16.5. The van der Waals surface area contributed by atoms with Gasteiger partial charge in [-0.2, -0.15) is 0 Å². The molecule has 0 radical (unpaired) electrons. The topological polar surface area (TPSA) is 49.4 Å². The molecular weight excluding hydrogens is 382 g/mol. The Morgan fingerprint density at radius 3 is 2.27 bits per heavy atom. The summed E-state index contributed by atoms with van der Waals surface area (Å²) in [4.78, 5) is 2.59. The average molecular weight is 414 g/mol. The molecular formula is C24H31NO5. The molecule has 6 nitrogen and oxygen atoms in total. The van der Waals surface area contributed by atoms with Gasteiger partial charge >= 0.3 is 0 Å². The van der Waals surface area contributed by atoms with E-state index < -0.39 is 0 Å². The van der Waals surface area contributed by atoms with Crippen LogP contribution in [0.2, 0.25) is 0 Å². The number of hydrogen-bond acceptors (Lipinski definition) is 6. The highest BCUT2D eigenvalue weighted by Crippen LogP contribution is 2.45. The molecule has 2 aromatic carbocycles. The molecule has 1 aliphatic carbocycles. The van der Waals surface area contributed by atoms with Gasteiger partial charge in [0, 0.05) is 24.7 Å². The van der Waals surface area contributed by atoms with Crippen molar-refractivity contribution < 1.29 is 23.7 Å². The lowest BCUT2D eigenvalue weighted by atomic mass is 9.98. The van der Waals surface area contributed by atoms with Crippen LogP contribution in [0, 0.1) is 5.92 Å². The minimum Gasteiger partial charge on any atom is -0.497 e. The molecule has 0 unspecified atom stereocenters. The summed E-state index contributed by atoms with van der Waals surface area (Å²) in [5.41, 5.74) is 1.16. The van der Waals surface area contributed by atoms with Crippen molar-refractivity contribution >= 4 is 0 Å². The first-order chi connectivity index (χ1) is 14.7. The van der Waals surface area contributed by atoms with Gasteiger partial charge in [-0.25, -0.2) is 0 Å². The van der Waals surface area contributed by atoms with E-state index in [1.165, 1.54) is 19.3 Å². The second-order valence-corrected chi connectivity index (χ2v) is 7.99. The number of benzene rings is 2. The van der Waals surface area contributed by atoms with Crippen LogP contribution < -0.4 is 23.7 Å². The van der Waals surface area contributed by atoms with Crippen molar-refractivity contribution in [3.8, 4) is 28.7 Å². The lowest BCUT2D eigenvalue weighted by molar-refractivity contribution is 0.0865. The predicted octanol–water partition coefficient (Wildman–Crippen LogP) is 4.15. The van der Waals surface area contributed by atoms with Crippen LogP contribution in [-0.2, 0) is 6.54 Å². The van der Waals surface area contributed by atoms with E-state index in [-0.39, 0.29) is 0 Å². The zero-order chi connectivity index (χ0) is 21.1. The van der Waals surface area contributed by atoms with Gasteiger partial charge in [0.2, 0.25) is 5.75 Å². The largest absolute Gasteiger partial charge is 0.497 e. The first kappa shape index (κ1) is 20.7. The fraction of sp³-hybridized carbons (Fsp3) is 0.500. The maximum Gasteiger partial charge on any atom is 0.203 e. The maximum absolute atomic E-state index is 6.19. The zero-order valence-electron chi connectivity index (χ0n) is 18.2. The van der Waals surface area contributed by atoms with Crippen LogP contribution in [0.4, 0.5) is 0 Å². The van der Waals surface area contributed by atoms with Crippen molar-refractivity contribution in [3.63, 3.8) is 0 Å². The molecule has 2 fully saturated rings. The predicted molar refractivity (Wildman–Crippen MR) is 115 cm³/mol. The molecule has 1 saturated carbocycles. The summed E-state index contributed by atoms with van der Waals surface area (Å²) in [6.45, 7) is 1.52. The van der Waals surface area contributed by atoms with E-state index in [2.05, 4.69) is 4.90 Å². The maximum atomic E-state index is 6.19. The second-order valence-electron chi connectivity index (χ2n) is 7.99. The number of rotatable bonds is 9. The molecule has 6 heteroatoms. The Morgan fingerprint density at radius 2 is 1.60 bits per heavy atom. The number of methoxy groups -OCH3 is 4. The number of ether oxygens (including phenoxy) is 5. The van der Waals surface area contributed by atoms with E-state index in [1.54, 1.807) is 28.4 Å². The van der Waals surface area contributed by atoms with Crippen LogP contribution in [0.1, 0.15) is 24.8 Å². The van der Waals surface area contributed by atoms with Gasteiger partial charge < -0.3 is 23.7 Å². The highest BCUT2D eigenvalue weighted by molar-refractivity contribution is 5.53. The van der Waals surface area contributed by atoms with E-state index in [1.807, 2.05) is 36.4 Å². The number of fused-ring (bicyclic) bond motifs is 2. The lowest BCUT2D eigenvalue weighted by Gasteiger charge is -2.35. The fourth-order valence-electron chi connectivity index (χ4n) is 4.97. The molecule has 4 rings (SSSR count). The first-order valence-electron chi connectivity index (χ1n) is 10.5. The van der Waals surface area contributed by atoms with E-state index >= 15 is 0 Å². The molecule has 2 aliphatic rings. The van der Waals surface area contributed by atoms with Gasteiger partial charge in [0.1, 0.15) is 18.1 Å². The third-order valence-corrected chi connectivity index (χ3v) is 6.44. The van der Waals surface area contributed by atoms with Crippen molar-refractivity contribution in [1.82, 2.24) is 4.90 Å². The average Bonchev–Trinajstić information content (AvgIpc) is 3.39. The van der Waals surface area contributed by atoms with Gasteiger partial charge in [0.25, 0.3) is 0 Å². The molecule has 2 bridgehead atoms. The summed E-state index contributed by atoms with van der Waals surface area (Å²) in [5.74, 6) is 4.37. The van der Waals surface area contributed by atoms with Crippen molar-refractivity contribution in [1.29, 1.82) is 0 Å². The molecule has 162 valence electrons. The molecule has 0 amide bonds. The first-order valence-corrected chi connectivity index (χ1v) is 10.5. The monoisotopic (exact) mass is 413 g/mol. The third kappa shape index (κ3) is 4.01. The van der Waals surface area contributed by atoms with E-state index in [0.29, 0.717) is 41.9 Å². The molecule has 30 heavy (non-hydrogen) atoms. The van der Waals surface area contributed by atoms with Crippen LogP contribution in [0.15, 0.2) is 36.4 Å². The smallest absolute Gasteiger partial charge is 0.203 e. The number of nitrogens with zero attached hydrogens (tertiary/aromatic N) is 1. The normalized spacial score (nSPS) is 22.7. The molecule has 0 aromatic heterocycles. The van der Waals surface area contributed by atoms with Crippen LogP contribution in [-0.4, -0.2) is 52.0 Å². The highest BCUT2D eigenvalue weighted by Gasteiger charge is 2.46. The van der Waals surface area contributed by atoms with E-state index in [4.69, 9.17) is 23.7 Å². The Kier molecular flexibility index (Phi) is 6.23. The van der Waals surface area contributed by atoms with Crippen molar-refractivity contribution in [3.05, 3.63) is 42.0 Å². The van der Waals surface area contributed by atoms with Crippen LogP contribution in [0.5, 0.6) is 28.7 Å². The fourth-order valence-corrected chi connectivity index (χ4v) is 4.97. The lowest BCUT2D eigenvalue weighted by Crippen LogP contribution is -2.43. The summed E-state index contributed by atoms with van der Waals surface area (Å²) in [5, 5.41) is 0. The number of likely N-dealkylation sites (tertiary alicyclic amines) is 1. The van der Waals surface area contributed by atoms with Crippen LogP contribution in [0.25, 0.3) is 0 Å². The van der Waals surface area contributed by atoms with Gasteiger partial charge in [0.15, 0.2) is 11.5 Å². The Balaban J connectivity index is 1.51. The minimum absolute atomic E-state index is 0.397. The van der Waals surface area contributed by atoms with Crippen molar-refractivity contribution in [2.24, 2.45) is 5.92 Å². The quantitative estimate of drug-likeness (QED) is 0.616. The molecule has 0 spiro atoms. The summed E-state index contributed by atoms with van der Waals surface area (Å²) in [6, 6.07) is 12.9. The molecule has 1 aliphatic heterocycles. The van der Waals surface area contributed by atoms with Gasteiger partial charge in [-0.15, -0.1) is 0 Å². The molecule has 1 heterocycles. The van der Waals surface area contributed by atoms with Gasteiger partial charge in [-0.3, -0.25) is 4.90 Å². The number of piperidine rings is 1. The summed E-state index contributed by atoms with van der Waals surface area (Å²) in [7, 11) is 6.62. The van der Waals surface area contributed by atoms with E-state index in [0.717, 1.165) is 23.6 Å². The molecule has 3 atom stereocenters. The van der Waals surface area contributed by atoms with Gasteiger partial charge in [-0.05, 0) is 55.0 Å². The summed E-state index contributed by atoms with van der Waals surface area (Å²) < 4.78 is 28.0. The summed E-state index contributed by atoms with van der Waals surface area (Å²) in [6.07, 6.45) is 3.78. The van der Waals surface area contributed by atoms with E-state index in [9.17, 15) is 0 Å². The Morgan fingerprint density at radius 1 is 0.867 bits per heavy atom. The van der Waals surface area contributed by atoms with Crippen LogP contribution >= 0.6 is 0 Å². The Labute approximate surface area is 178 Å². The van der Waals surface area contributed by atoms with Gasteiger partial charge in [0.05, 0.1) is 28.4 Å². The third-order valence-electron chi connectivity index (χ3n) is 6.44. The SMILES string of the molecule is COc1cccc(OC[C@H]2[C@H]3CC[C@@H](C3)N2Cc2cc(OC)c(OC)c(OC)c2)c1. The Bertz CT molecular complexity index is 845. The Hall–Kier alpha value is -2.60. The molecule has 1 saturated heterocycles. The molecule has 2 aromatic rings. The number of hydrogen-bond donors (Lipinski definition) is 0. The van der Waals surface area contributed by atoms with Gasteiger partial charge in [-0.1, -0.05) is 6.07 Å². The molecule has 0 N–H and O–H groups in total. The minimum atomic E-state index is 0.397. The van der Waals surface area contributed by atoms with Crippen molar-refractivity contribution in [2.45, 2.75) is 37.9 Å². The summed E-state index contributed by atoms with van der Waals surface area (Å²) >= 11 is 0. The van der Waals surface area contributed by atoms with Crippen molar-refractivity contribution in [2.75, 3.05) is 35.0 Å². The second kappa shape index (κ2) is 9.04. The van der Waals surface area contributed by atoms with Crippen LogP contribution in [0.3, 0.4) is 0 Å².